The minimum atomic E-state index is 0.0122. The van der Waals surface area contributed by atoms with E-state index in [1.807, 2.05) is 48.5 Å². The van der Waals surface area contributed by atoms with Crippen molar-refractivity contribution in [3.63, 3.8) is 0 Å². The molecule has 0 amide bonds. The highest BCUT2D eigenvalue weighted by atomic mass is 16.1. The predicted octanol–water partition coefficient (Wildman–Crippen LogP) is 4.74. The molecule has 1 N–H and O–H groups in total. The van der Waals surface area contributed by atoms with Gasteiger partial charge in [0.2, 0.25) is 0 Å². The molecule has 0 bridgehead atoms. The van der Waals surface area contributed by atoms with Gasteiger partial charge >= 0.3 is 0 Å². The SMILES string of the molecule is O=c1cc(NC2CCCCC2)c2ccccc2n1-c1ccccc1. The van der Waals surface area contributed by atoms with Crippen molar-refractivity contribution in [1.29, 1.82) is 0 Å². The third kappa shape index (κ3) is 2.82. The molecule has 2 aromatic carbocycles. The molecule has 24 heavy (non-hydrogen) atoms. The fourth-order valence-corrected chi connectivity index (χ4v) is 3.71. The molecule has 4 rings (SSSR count). The number of rotatable bonds is 3. The number of benzene rings is 2. The van der Waals surface area contributed by atoms with Crippen molar-refractivity contribution in [3.05, 3.63) is 71.0 Å². The summed E-state index contributed by atoms with van der Waals surface area (Å²) in [6.45, 7) is 0. The Labute approximate surface area is 141 Å². The molecule has 0 aliphatic heterocycles. The summed E-state index contributed by atoms with van der Waals surface area (Å²) in [6.07, 6.45) is 6.26. The van der Waals surface area contributed by atoms with Crippen LogP contribution in [0.3, 0.4) is 0 Å². The number of anilines is 1. The van der Waals surface area contributed by atoms with E-state index in [4.69, 9.17) is 0 Å². The van der Waals surface area contributed by atoms with E-state index in [1.54, 1.807) is 10.6 Å². The summed E-state index contributed by atoms with van der Waals surface area (Å²) in [7, 11) is 0. The second-order valence-electron chi connectivity index (χ2n) is 6.56. The average molecular weight is 318 g/mol. The quantitative estimate of drug-likeness (QED) is 0.757. The molecule has 1 heterocycles. The van der Waals surface area contributed by atoms with Gasteiger partial charge in [-0.05, 0) is 31.0 Å². The zero-order valence-electron chi connectivity index (χ0n) is 13.7. The number of aromatic nitrogens is 1. The Bertz CT molecular complexity index is 893. The molecule has 0 spiro atoms. The average Bonchev–Trinajstić information content (AvgIpc) is 2.63. The van der Waals surface area contributed by atoms with Crippen LogP contribution < -0.4 is 10.9 Å². The number of hydrogen-bond donors (Lipinski definition) is 1. The van der Waals surface area contributed by atoms with Gasteiger partial charge in [-0.15, -0.1) is 0 Å². The van der Waals surface area contributed by atoms with Gasteiger partial charge in [0, 0.05) is 28.9 Å². The van der Waals surface area contributed by atoms with E-state index in [0.29, 0.717) is 6.04 Å². The van der Waals surface area contributed by atoms with E-state index < -0.39 is 0 Å². The van der Waals surface area contributed by atoms with Gasteiger partial charge in [0.05, 0.1) is 5.52 Å². The number of para-hydroxylation sites is 2. The van der Waals surface area contributed by atoms with Gasteiger partial charge in [0.25, 0.3) is 5.56 Å². The molecule has 3 heteroatoms. The molecule has 0 saturated heterocycles. The molecule has 0 atom stereocenters. The minimum absolute atomic E-state index is 0.0122. The van der Waals surface area contributed by atoms with Crippen LogP contribution in [0.25, 0.3) is 16.6 Å². The summed E-state index contributed by atoms with van der Waals surface area (Å²) in [5.74, 6) is 0. The van der Waals surface area contributed by atoms with Crippen molar-refractivity contribution >= 4 is 16.6 Å². The molecular weight excluding hydrogens is 296 g/mol. The molecule has 1 aromatic heterocycles. The van der Waals surface area contributed by atoms with Gasteiger partial charge < -0.3 is 5.32 Å². The maximum atomic E-state index is 12.8. The van der Waals surface area contributed by atoms with Crippen LogP contribution in [0, 0.1) is 0 Å². The van der Waals surface area contributed by atoms with Crippen molar-refractivity contribution in [1.82, 2.24) is 4.57 Å². The first kappa shape index (κ1) is 15.0. The zero-order chi connectivity index (χ0) is 16.4. The van der Waals surface area contributed by atoms with Crippen LogP contribution >= 0.6 is 0 Å². The molecule has 3 nitrogen and oxygen atoms in total. The minimum Gasteiger partial charge on any atom is -0.382 e. The summed E-state index contributed by atoms with van der Waals surface area (Å²) >= 11 is 0. The Morgan fingerprint density at radius 1 is 0.875 bits per heavy atom. The highest BCUT2D eigenvalue weighted by molar-refractivity contribution is 5.92. The second-order valence-corrected chi connectivity index (χ2v) is 6.56. The van der Waals surface area contributed by atoms with Crippen LogP contribution in [0.2, 0.25) is 0 Å². The summed E-state index contributed by atoms with van der Waals surface area (Å²) < 4.78 is 1.79. The molecule has 1 fully saturated rings. The lowest BCUT2D eigenvalue weighted by Gasteiger charge is -2.25. The largest absolute Gasteiger partial charge is 0.382 e. The van der Waals surface area contributed by atoms with Crippen LogP contribution in [0.1, 0.15) is 32.1 Å². The number of fused-ring (bicyclic) bond motifs is 1. The van der Waals surface area contributed by atoms with Crippen LogP contribution in [-0.2, 0) is 0 Å². The second kappa shape index (κ2) is 6.52. The molecule has 122 valence electrons. The van der Waals surface area contributed by atoms with Crippen molar-refractivity contribution in [2.24, 2.45) is 0 Å². The topological polar surface area (TPSA) is 34.0 Å². The summed E-state index contributed by atoms with van der Waals surface area (Å²) in [4.78, 5) is 12.8. The fourth-order valence-electron chi connectivity index (χ4n) is 3.71. The summed E-state index contributed by atoms with van der Waals surface area (Å²) in [5, 5.41) is 4.73. The van der Waals surface area contributed by atoms with E-state index in [2.05, 4.69) is 11.4 Å². The van der Waals surface area contributed by atoms with Gasteiger partial charge in [-0.2, -0.15) is 0 Å². The Balaban J connectivity index is 1.84. The third-order valence-electron chi connectivity index (χ3n) is 4.90. The predicted molar refractivity (Wildman–Crippen MR) is 100 cm³/mol. The fraction of sp³-hybridized carbons (Fsp3) is 0.286. The lowest BCUT2D eigenvalue weighted by Crippen LogP contribution is -2.25. The molecule has 1 saturated carbocycles. The molecule has 0 unspecified atom stereocenters. The highest BCUT2D eigenvalue weighted by Crippen LogP contribution is 2.27. The number of nitrogens with zero attached hydrogens (tertiary/aromatic N) is 1. The first-order valence-electron chi connectivity index (χ1n) is 8.80. The summed E-state index contributed by atoms with van der Waals surface area (Å²) in [5.41, 5.74) is 2.84. The molecular formula is C21H22N2O. The monoisotopic (exact) mass is 318 g/mol. The Kier molecular flexibility index (Phi) is 4.08. The van der Waals surface area contributed by atoms with Crippen LogP contribution in [0.15, 0.2) is 65.5 Å². The maximum absolute atomic E-state index is 12.8. The first-order valence-corrected chi connectivity index (χ1v) is 8.80. The lowest BCUT2D eigenvalue weighted by atomic mass is 9.95. The van der Waals surface area contributed by atoms with Crippen molar-refractivity contribution in [3.8, 4) is 5.69 Å². The van der Waals surface area contributed by atoms with E-state index in [0.717, 1.165) is 22.3 Å². The van der Waals surface area contributed by atoms with E-state index in [9.17, 15) is 4.79 Å². The Hall–Kier alpha value is -2.55. The zero-order valence-corrected chi connectivity index (χ0v) is 13.7. The van der Waals surface area contributed by atoms with Crippen LogP contribution in [0.5, 0.6) is 0 Å². The number of nitrogens with one attached hydrogen (secondary N) is 1. The van der Waals surface area contributed by atoms with Crippen molar-refractivity contribution < 1.29 is 0 Å². The standard InChI is InChI=1S/C21H22N2O/c24-21-15-19(22-16-9-3-1-4-10-16)18-13-7-8-14-20(18)23(21)17-11-5-2-6-12-17/h2,5-8,11-16,22H,1,3-4,9-10H2. The Morgan fingerprint density at radius 3 is 2.38 bits per heavy atom. The summed E-state index contributed by atoms with van der Waals surface area (Å²) in [6, 6.07) is 20.2. The van der Waals surface area contributed by atoms with E-state index >= 15 is 0 Å². The van der Waals surface area contributed by atoms with Gasteiger partial charge in [-0.3, -0.25) is 9.36 Å². The maximum Gasteiger partial charge on any atom is 0.257 e. The first-order chi connectivity index (χ1) is 11.8. The van der Waals surface area contributed by atoms with Gasteiger partial charge in [0.1, 0.15) is 0 Å². The van der Waals surface area contributed by atoms with Crippen molar-refractivity contribution in [2.45, 2.75) is 38.1 Å². The van der Waals surface area contributed by atoms with Gasteiger partial charge in [-0.25, -0.2) is 0 Å². The van der Waals surface area contributed by atoms with Crippen LogP contribution in [-0.4, -0.2) is 10.6 Å². The normalized spacial score (nSPS) is 15.5. The molecule has 0 radical (unpaired) electrons. The van der Waals surface area contributed by atoms with Gasteiger partial charge in [-0.1, -0.05) is 55.7 Å². The molecule has 1 aliphatic rings. The highest BCUT2D eigenvalue weighted by Gasteiger charge is 2.16. The molecule has 1 aliphatic carbocycles. The Morgan fingerprint density at radius 2 is 1.58 bits per heavy atom. The smallest absolute Gasteiger partial charge is 0.257 e. The van der Waals surface area contributed by atoms with Gasteiger partial charge in [0.15, 0.2) is 0 Å². The third-order valence-corrected chi connectivity index (χ3v) is 4.90. The van der Waals surface area contributed by atoms with E-state index in [1.165, 1.54) is 32.1 Å². The number of pyridine rings is 1. The molecule has 3 aromatic rings. The van der Waals surface area contributed by atoms with E-state index in [-0.39, 0.29) is 5.56 Å². The lowest BCUT2D eigenvalue weighted by molar-refractivity contribution is 0.463. The number of hydrogen-bond acceptors (Lipinski definition) is 2. The van der Waals surface area contributed by atoms with Crippen LogP contribution in [0.4, 0.5) is 5.69 Å². The van der Waals surface area contributed by atoms with Crippen molar-refractivity contribution in [2.75, 3.05) is 5.32 Å².